The van der Waals surface area contributed by atoms with E-state index in [2.05, 4.69) is 10.6 Å². The van der Waals surface area contributed by atoms with Gasteiger partial charge in [0.05, 0.1) is 20.2 Å². The summed E-state index contributed by atoms with van der Waals surface area (Å²) in [5, 5.41) is 5.30. The van der Waals surface area contributed by atoms with Gasteiger partial charge >= 0.3 is 0 Å². The topological polar surface area (TPSA) is 87.7 Å². The average Bonchev–Trinajstić information content (AvgIpc) is 2.72. The van der Waals surface area contributed by atoms with Crippen LogP contribution in [0.15, 0.2) is 48.5 Å². The number of carbonyl (C=O) groups is 3. The van der Waals surface area contributed by atoms with E-state index in [1.54, 1.807) is 36.4 Å². The van der Waals surface area contributed by atoms with E-state index in [0.717, 1.165) is 5.56 Å². The molecule has 0 spiro atoms. The highest BCUT2D eigenvalue weighted by atomic mass is 16.5. The number of methoxy groups -OCH3 is 1. The molecular weight excluding hydrogens is 382 g/mol. The van der Waals surface area contributed by atoms with E-state index in [1.807, 2.05) is 32.9 Å². The summed E-state index contributed by atoms with van der Waals surface area (Å²) >= 11 is 0. The van der Waals surface area contributed by atoms with E-state index in [-0.39, 0.29) is 30.8 Å². The number of amides is 3. The van der Waals surface area contributed by atoms with Crippen LogP contribution in [0, 0.1) is 12.8 Å². The van der Waals surface area contributed by atoms with Gasteiger partial charge < -0.3 is 20.3 Å². The number of hydrogen-bond acceptors (Lipinski definition) is 4. The van der Waals surface area contributed by atoms with Gasteiger partial charge in [-0.25, -0.2) is 0 Å². The molecule has 0 saturated heterocycles. The molecule has 30 heavy (non-hydrogen) atoms. The summed E-state index contributed by atoms with van der Waals surface area (Å²) in [5.74, 6) is -0.241. The van der Waals surface area contributed by atoms with Crippen molar-refractivity contribution in [3.05, 3.63) is 59.7 Å². The lowest BCUT2D eigenvalue weighted by atomic mass is 10.1. The minimum absolute atomic E-state index is 0.133. The summed E-state index contributed by atoms with van der Waals surface area (Å²) in [5.41, 5.74) is 2.20. The number of benzene rings is 2. The maximum Gasteiger partial charge on any atom is 0.254 e. The first-order chi connectivity index (χ1) is 14.3. The summed E-state index contributed by atoms with van der Waals surface area (Å²) in [6, 6.07) is 14.2. The van der Waals surface area contributed by atoms with E-state index in [0.29, 0.717) is 23.5 Å². The molecule has 0 aliphatic carbocycles. The van der Waals surface area contributed by atoms with Crippen molar-refractivity contribution in [2.75, 3.05) is 32.1 Å². The van der Waals surface area contributed by atoms with Crippen molar-refractivity contribution in [2.24, 2.45) is 5.92 Å². The van der Waals surface area contributed by atoms with Gasteiger partial charge in [-0.05, 0) is 43.2 Å². The molecule has 7 nitrogen and oxygen atoms in total. The zero-order valence-electron chi connectivity index (χ0n) is 17.9. The Balaban J connectivity index is 1.94. The molecular formula is C23H29N3O4. The highest BCUT2D eigenvalue weighted by molar-refractivity contribution is 5.98. The molecule has 3 amide bonds. The molecule has 2 rings (SSSR count). The van der Waals surface area contributed by atoms with Gasteiger partial charge in [-0.3, -0.25) is 14.4 Å². The fourth-order valence-corrected chi connectivity index (χ4v) is 2.85. The van der Waals surface area contributed by atoms with Crippen molar-refractivity contribution in [3.8, 4) is 5.75 Å². The Bertz CT molecular complexity index is 878. The van der Waals surface area contributed by atoms with Crippen LogP contribution >= 0.6 is 0 Å². The molecule has 0 fully saturated rings. The Hall–Kier alpha value is -3.35. The minimum atomic E-state index is -0.397. The van der Waals surface area contributed by atoms with Gasteiger partial charge in [0.2, 0.25) is 11.8 Å². The molecule has 0 aliphatic heterocycles. The second-order valence-corrected chi connectivity index (χ2v) is 7.50. The smallest absolute Gasteiger partial charge is 0.254 e. The number of rotatable bonds is 9. The average molecular weight is 412 g/mol. The van der Waals surface area contributed by atoms with Gasteiger partial charge in [-0.1, -0.05) is 37.6 Å². The Morgan fingerprint density at radius 2 is 1.73 bits per heavy atom. The second kappa shape index (κ2) is 11.0. The normalized spacial score (nSPS) is 10.4. The number of carbonyl (C=O) groups excluding carboxylic acids is 3. The lowest BCUT2D eigenvalue weighted by Gasteiger charge is -2.24. The molecule has 0 unspecified atom stereocenters. The van der Waals surface area contributed by atoms with E-state index in [4.69, 9.17) is 4.74 Å². The Labute approximate surface area is 177 Å². The summed E-state index contributed by atoms with van der Waals surface area (Å²) in [6.45, 7) is 6.01. The molecule has 0 saturated carbocycles. The van der Waals surface area contributed by atoms with Crippen LogP contribution in [-0.2, 0) is 9.59 Å². The van der Waals surface area contributed by atoms with Crippen LogP contribution in [0.3, 0.4) is 0 Å². The van der Waals surface area contributed by atoms with E-state index >= 15 is 0 Å². The lowest BCUT2D eigenvalue weighted by molar-refractivity contribution is -0.124. The van der Waals surface area contributed by atoms with E-state index < -0.39 is 5.91 Å². The van der Waals surface area contributed by atoms with Crippen LogP contribution in [0.2, 0.25) is 0 Å². The van der Waals surface area contributed by atoms with Crippen LogP contribution in [-0.4, -0.2) is 49.4 Å². The first-order valence-electron chi connectivity index (χ1n) is 9.85. The van der Waals surface area contributed by atoms with Crippen molar-refractivity contribution in [3.63, 3.8) is 0 Å². The molecule has 0 radical (unpaired) electrons. The third kappa shape index (κ3) is 7.24. The fraction of sp³-hybridized carbons (Fsp3) is 0.348. The highest BCUT2D eigenvalue weighted by Gasteiger charge is 2.20. The molecule has 2 N–H and O–H groups in total. The number of nitrogens with one attached hydrogen (secondary N) is 2. The van der Waals surface area contributed by atoms with Crippen molar-refractivity contribution >= 4 is 23.4 Å². The minimum Gasteiger partial charge on any atom is -0.497 e. The van der Waals surface area contributed by atoms with Gasteiger partial charge in [-0.15, -0.1) is 0 Å². The number of aryl methyl sites for hydroxylation is 1. The fourth-order valence-electron chi connectivity index (χ4n) is 2.85. The van der Waals surface area contributed by atoms with Crippen molar-refractivity contribution in [1.29, 1.82) is 0 Å². The van der Waals surface area contributed by atoms with Crippen molar-refractivity contribution in [2.45, 2.75) is 20.8 Å². The quantitative estimate of drug-likeness (QED) is 0.664. The van der Waals surface area contributed by atoms with Crippen LogP contribution < -0.4 is 15.4 Å². The second-order valence-electron chi connectivity index (χ2n) is 7.50. The van der Waals surface area contributed by atoms with Crippen LogP contribution in [0.1, 0.15) is 29.8 Å². The number of nitrogens with zero attached hydrogens (tertiary/aromatic N) is 1. The lowest BCUT2D eigenvalue weighted by Crippen LogP contribution is -2.44. The zero-order chi connectivity index (χ0) is 22.1. The largest absolute Gasteiger partial charge is 0.497 e. The number of anilines is 1. The summed E-state index contributed by atoms with van der Waals surface area (Å²) in [4.78, 5) is 38.8. The summed E-state index contributed by atoms with van der Waals surface area (Å²) in [7, 11) is 1.53. The SMILES string of the molecule is COc1cccc(C(=O)N(CC(=O)NCC(=O)Nc2ccc(C)cc2)CC(C)C)c1. The Morgan fingerprint density at radius 1 is 1.03 bits per heavy atom. The molecule has 2 aromatic carbocycles. The standard InChI is InChI=1S/C23H29N3O4/c1-16(2)14-26(23(29)18-6-5-7-20(12-18)30-4)15-22(28)24-13-21(27)25-19-10-8-17(3)9-11-19/h5-12,16H,13-15H2,1-4H3,(H,24,28)(H,25,27). The van der Waals surface area contributed by atoms with Crippen molar-refractivity contribution in [1.82, 2.24) is 10.2 Å². The van der Waals surface area contributed by atoms with Crippen molar-refractivity contribution < 1.29 is 19.1 Å². The third-order valence-electron chi connectivity index (χ3n) is 4.31. The maximum atomic E-state index is 12.9. The Kier molecular flexibility index (Phi) is 8.41. The molecule has 0 aliphatic rings. The number of ether oxygens (including phenoxy) is 1. The monoisotopic (exact) mass is 411 g/mol. The van der Waals surface area contributed by atoms with Gasteiger partial charge in [0.25, 0.3) is 5.91 Å². The molecule has 0 aromatic heterocycles. The van der Waals surface area contributed by atoms with E-state index in [1.165, 1.54) is 12.0 Å². The first kappa shape index (κ1) is 22.9. The molecule has 160 valence electrons. The third-order valence-corrected chi connectivity index (χ3v) is 4.31. The number of hydrogen-bond donors (Lipinski definition) is 2. The van der Waals surface area contributed by atoms with Crippen LogP contribution in [0.4, 0.5) is 5.69 Å². The molecule has 2 aromatic rings. The Morgan fingerprint density at radius 3 is 2.37 bits per heavy atom. The van der Waals surface area contributed by atoms with Gasteiger partial charge in [0, 0.05) is 17.8 Å². The molecule has 0 atom stereocenters. The highest BCUT2D eigenvalue weighted by Crippen LogP contribution is 2.15. The van der Waals surface area contributed by atoms with E-state index in [9.17, 15) is 14.4 Å². The zero-order valence-corrected chi connectivity index (χ0v) is 17.9. The van der Waals surface area contributed by atoms with Crippen LogP contribution in [0.25, 0.3) is 0 Å². The van der Waals surface area contributed by atoms with Crippen LogP contribution in [0.5, 0.6) is 5.75 Å². The maximum absolute atomic E-state index is 12.9. The van der Waals surface area contributed by atoms with Gasteiger partial charge in [-0.2, -0.15) is 0 Å². The molecule has 0 bridgehead atoms. The van der Waals surface area contributed by atoms with Gasteiger partial charge in [0.1, 0.15) is 5.75 Å². The molecule has 0 heterocycles. The summed E-state index contributed by atoms with van der Waals surface area (Å²) in [6.07, 6.45) is 0. The predicted octanol–water partition coefficient (Wildman–Crippen LogP) is 2.86. The predicted molar refractivity (Wildman–Crippen MR) is 117 cm³/mol. The molecule has 7 heteroatoms. The summed E-state index contributed by atoms with van der Waals surface area (Å²) < 4.78 is 5.17. The van der Waals surface area contributed by atoms with Gasteiger partial charge in [0.15, 0.2) is 0 Å². The first-order valence-corrected chi connectivity index (χ1v) is 9.85.